The molecule has 11 heteroatoms. The van der Waals surface area contributed by atoms with Crippen molar-refractivity contribution in [1.82, 2.24) is 25.1 Å². The first-order chi connectivity index (χ1) is 16.2. The highest BCUT2D eigenvalue weighted by Crippen LogP contribution is 2.34. The lowest BCUT2D eigenvalue weighted by Crippen LogP contribution is -2.43. The van der Waals surface area contributed by atoms with Gasteiger partial charge in [-0.15, -0.1) is 0 Å². The van der Waals surface area contributed by atoms with Crippen molar-refractivity contribution in [2.75, 3.05) is 23.7 Å². The molecule has 0 aliphatic carbocycles. The second kappa shape index (κ2) is 9.94. The summed E-state index contributed by atoms with van der Waals surface area (Å²) in [6.45, 7) is 6.86. The second-order valence-corrected chi connectivity index (χ2v) is 9.00. The fourth-order valence-corrected chi connectivity index (χ4v) is 4.36. The summed E-state index contributed by atoms with van der Waals surface area (Å²) in [5, 5.41) is 22.4. The molecule has 4 N–H and O–H groups in total. The van der Waals surface area contributed by atoms with Gasteiger partial charge in [-0.05, 0) is 75.9 Å². The Morgan fingerprint density at radius 3 is 2.65 bits per heavy atom. The number of carbonyl (C=O) groups is 1. The molecule has 9 nitrogen and oxygen atoms in total. The minimum atomic E-state index is -0.821. The van der Waals surface area contributed by atoms with Gasteiger partial charge in [0.1, 0.15) is 16.9 Å². The van der Waals surface area contributed by atoms with Crippen LogP contribution in [-0.4, -0.2) is 55.3 Å². The number of hydrogen-bond acceptors (Lipinski definition) is 7. The van der Waals surface area contributed by atoms with E-state index < -0.39 is 17.8 Å². The number of halogens is 2. The van der Waals surface area contributed by atoms with E-state index in [2.05, 4.69) is 30.8 Å². The predicted molar refractivity (Wildman–Crippen MR) is 129 cm³/mol. The van der Waals surface area contributed by atoms with Crippen LogP contribution < -0.4 is 10.6 Å². The Morgan fingerprint density at radius 2 is 2.00 bits per heavy atom. The fraction of sp³-hybridized carbons (Fsp3) is 0.391. The van der Waals surface area contributed by atoms with Crippen molar-refractivity contribution in [3.63, 3.8) is 0 Å². The van der Waals surface area contributed by atoms with Crippen molar-refractivity contribution in [2.45, 2.75) is 45.6 Å². The van der Waals surface area contributed by atoms with Gasteiger partial charge in [0.25, 0.3) is 0 Å². The highest BCUT2D eigenvalue weighted by Gasteiger charge is 2.28. The molecule has 0 amide bonds. The number of hydrogen-bond donors (Lipinski definition) is 4. The van der Waals surface area contributed by atoms with Crippen LogP contribution in [0.15, 0.2) is 24.4 Å². The van der Waals surface area contributed by atoms with Gasteiger partial charge in [-0.2, -0.15) is 10.1 Å². The maximum absolute atomic E-state index is 15.0. The fourth-order valence-electron chi connectivity index (χ4n) is 4.23. The summed E-state index contributed by atoms with van der Waals surface area (Å²) in [5.74, 6) is 0.0547. The molecule has 0 saturated carbocycles. The van der Waals surface area contributed by atoms with Gasteiger partial charge < -0.3 is 15.7 Å². The first kappa shape index (κ1) is 23.9. The Morgan fingerprint density at radius 1 is 1.26 bits per heavy atom. The summed E-state index contributed by atoms with van der Waals surface area (Å²) < 4.78 is 15.0. The van der Waals surface area contributed by atoms with Crippen molar-refractivity contribution in [3.05, 3.63) is 52.1 Å². The second-order valence-electron chi connectivity index (χ2n) is 8.59. The lowest BCUT2D eigenvalue weighted by atomic mass is 9.86. The molecular formula is C23H27ClFN7O2. The van der Waals surface area contributed by atoms with Crippen LogP contribution >= 0.6 is 11.6 Å². The largest absolute Gasteiger partial charge is 0.480 e. The number of benzene rings is 1. The molecule has 3 aromatic rings. The van der Waals surface area contributed by atoms with E-state index in [9.17, 15) is 9.90 Å². The molecule has 2 aromatic heterocycles. The van der Waals surface area contributed by atoms with E-state index in [0.29, 0.717) is 29.7 Å². The number of aryl methyl sites for hydroxylation is 2. The molecule has 1 aliphatic heterocycles. The number of nitrogens with one attached hydrogen (secondary N) is 3. The summed E-state index contributed by atoms with van der Waals surface area (Å²) in [6, 6.07) is 4.60. The Kier molecular flexibility index (Phi) is 6.99. The van der Waals surface area contributed by atoms with Gasteiger partial charge in [-0.25, -0.2) is 9.37 Å². The number of H-pyrrole nitrogens is 1. The monoisotopic (exact) mass is 487 g/mol. The van der Waals surface area contributed by atoms with Crippen molar-refractivity contribution >= 4 is 40.8 Å². The zero-order chi connectivity index (χ0) is 24.4. The third kappa shape index (κ3) is 5.28. The molecule has 0 spiro atoms. The standard InChI is InChI=1S/C23H27ClFN7O2/c1-12-8-19(18(25)10-16(12)15-4-6-32(7-5-15)14(3)22(33)34)27-23-26-11-17(24)21(29-23)28-20-9-13(2)30-31-20/h8-11,14-15H,4-7H2,1-3H3,(H,33,34)(H3,26,27,28,29,30,31). The summed E-state index contributed by atoms with van der Waals surface area (Å²) in [6.07, 6.45) is 3.00. The van der Waals surface area contributed by atoms with E-state index in [4.69, 9.17) is 11.6 Å². The average Bonchev–Trinajstić information content (AvgIpc) is 3.22. The molecule has 180 valence electrons. The van der Waals surface area contributed by atoms with E-state index in [1.54, 1.807) is 25.1 Å². The summed E-state index contributed by atoms with van der Waals surface area (Å²) in [4.78, 5) is 21.7. The molecule has 0 bridgehead atoms. The van der Waals surface area contributed by atoms with E-state index in [1.165, 1.54) is 6.20 Å². The lowest BCUT2D eigenvalue weighted by molar-refractivity contribution is -0.143. The van der Waals surface area contributed by atoms with Crippen LogP contribution in [0.3, 0.4) is 0 Å². The minimum absolute atomic E-state index is 0.181. The molecule has 1 unspecified atom stereocenters. The van der Waals surface area contributed by atoms with E-state index in [1.807, 2.05) is 18.7 Å². The number of nitrogens with zero attached hydrogens (tertiary/aromatic N) is 4. The molecule has 1 aliphatic rings. The van der Waals surface area contributed by atoms with Crippen LogP contribution in [0, 0.1) is 19.7 Å². The van der Waals surface area contributed by atoms with E-state index in [0.717, 1.165) is 29.7 Å². The highest BCUT2D eigenvalue weighted by atomic mass is 35.5. The Labute approximate surface area is 201 Å². The molecule has 1 saturated heterocycles. The number of likely N-dealkylation sites (tertiary alicyclic amines) is 1. The molecule has 34 heavy (non-hydrogen) atoms. The number of anilines is 4. The zero-order valence-corrected chi connectivity index (χ0v) is 19.9. The van der Waals surface area contributed by atoms with Crippen LogP contribution in [-0.2, 0) is 4.79 Å². The molecule has 3 heterocycles. The van der Waals surface area contributed by atoms with Crippen LogP contribution in [0.1, 0.15) is 42.5 Å². The number of aliphatic carboxylic acids is 1. The molecule has 0 radical (unpaired) electrons. The molecule has 1 aromatic carbocycles. The number of aromatic amines is 1. The first-order valence-electron chi connectivity index (χ1n) is 11.1. The third-order valence-corrected chi connectivity index (χ3v) is 6.45. The Bertz CT molecular complexity index is 1190. The molecule has 1 atom stereocenters. The number of rotatable bonds is 7. The van der Waals surface area contributed by atoms with Crippen LogP contribution in [0.5, 0.6) is 0 Å². The SMILES string of the molecule is Cc1cc(Nc2nc(Nc3cc(C)c(C4CCN(C(C)C(=O)O)CC4)cc3F)ncc2Cl)n[nH]1. The van der Waals surface area contributed by atoms with Gasteiger partial charge in [0.05, 0.1) is 11.9 Å². The summed E-state index contributed by atoms with van der Waals surface area (Å²) >= 11 is 6.20. The topological polar surface area (TPSA) is 119 Å². The smallest absolute Gasteiger partial charge is 0.320 e. The third-order valence-electron chi connectivity index (χ3n) is 6.17. The van der Waals surface area contributed by atoms with E-state index >= 15 is 4.39 Å². The van der Waals surface area contributed by atoms with Crippen molar-refractivity contribution < 1.29 is 14.3 Å². The lowest BCUT2D eigenvalue weighted by Gasteiger charge is -2.35. The Balaban J connectivity index is 1.47. The van der Waals surface area contributed by atoms with Crippen molar-refractivity contribution in [1.29, 1.82) is 0 Å². The maximum atomic E-state index is 15.0. The van der Waals surface area contributed by atoms with Gasteiger partial charge in [0.15, 0.2) is 11.6 Å². The number of aromatic nitrogens is 4. The molecule has 1 fully saturated rings. The number of carboxylic acids is 1. The maximum Gasteiger partial charge on any atom is 0.320 e. The van der Waals surface area contributed by atoms with Crippen LogP contribution in [0.25, 0.3) is 0 Å². The van der Waals surface area contributed by atoms with Gasteiger partial charge in [0, 0.05) is 11.8 Å². The van der Waals surface area contributed by atoms with E-state index in [-0.39, 0.29) is 17.6 Å². The summed E-state index contributed by atoms with van der Waals surface area (Å²) in [7, 11) is 0. The normalized spacial score (nSPS) is 15.8. The number of carboxylic acid groups (broad SMARTS) is 1. The highest BCUT2D eigenvalue weighted by molar-refractivity contribution is 6.32. The van der Waals surface area contributed by atoms with Crippen molar-refractivity contribution in [3.8, 4) is 0 Å². The number of piperidine rings is 1. The zero-order valence-electron chi connectivity index (χ0n) is 19.2. The van der Waals surface area contributed by atoms with Gasteiger partial charge >= 0.3 is 5.97 Å². The van der Waals surface area contributed by atoms with Gasteiger partial charge in [0.2, 0.25) is 5.95 Å². The average molecular weight is 488 g/mol. The molecule has 4 rings (SSSR count). The van der Waals surface area contributed by atoms with Gasteiger partial charge in [-0.1, -0.05) is 11.6 Å². The summed E-state index contributed by atoms with van der Waals surface area (Å²) in [5.41, 5.74) is 3.04. The Hall–Kier alpha value is -3.24. The minimum Gasteiger partial charge on any atom is -0.480 e. The van der Waals surface area contributed by atoms with Crippen LogP contribution in [0.4, 0.5) is 27.7 Å². The quantitative estimate of drug-likeness (QED) is 0.377. The first-order valence-corrected chi connectivity index (χ1v) is 11.4. The van der Waals surface area contributed by atoms with Crippen LogP contribution in [0.2, 0.25) is 5.02 Å². The van der Waals surface area contributed by atoms with Crippen molar-refractivity contribution in [2.24, 2.45) is 0 Å². The molecular weight excluding hydrogens is 461 g/mol. The van der Waals surface area contributed by atoms with Gasteiger partial charge in [-0.3, -0.25) is 14.8 Å². The predicted octanol–water partition coefficient (Wildman–Crippen LogP) is 4.75.